The van der Waals surface area contributed by atoms with E-state index in [1.165, 1.54) is 32.4 Å². The van der Waals surface area contributed by atoms with Gasteiger partial charge in [-0.15, -0.1) is 0 Å². The summed E-state index contributed by atoms with van der Waals surface area (Å²) < 4.78 is 0. The van der Waals surface area contributed by atoms with Crippen molar-refractivity contribution in [3.8, 4) is 0 Å². The Balaban J connectivity index is 2.23. The highest BCUT2D eigenvalue weighted by Gasteiger charge is 2.24. The van der Waals surface area contributed by atoms with Gasteiger partial charge in [-0.05, 0) is 26.3 Å². The van der Waals surface area contributed by atoms with Gasteiger partial charge in [0.25, 0.3) is 0 Å². The van der Waals surface area contributed by atoms with Crippen LogP contribution in [0.25, 0.3) is 0 Å². The summed E-state index contributed by atoms with van der Waals surface area (Å²) >= 11 is 0. The van der Waals surface area contributed by atoms with Crippen molar-refractivity contribution in [1.29, 1.82) is 0 Å². The van der Waals surface area contributed by atoms with E-state index in [2.05, 4.69) is 31.0 Å². The Labute approximate surface area is 82.7 Å². The predicted octanol–water partition coefficient (Wildman–Crippen LogP) is 1.86. The van der Waals surface area contributed by atoms with Crippen LogP contribution in [0.15, 0.2) is 0 Å². The summed E-state index contributed by atoms with van der Waals surface area (Å²) in [4.78, 5) is 2.62. The summed E-state index contributed by atoms with van der Waals surface area (Å²) in [5, 5.41) is 3.53. The van der Waals surface area contributed by atoms with E-state index in [0.717, 1.165) is 18.6 Å². The smallest absolute Gasteiger partial charge is 0.0207 e. The maximum atomic E-state index is 3.53. The summed E-state index contributed by atoms with van der Waals surface area (Å²) in [6.07, 6.45) is 3.99. The third kappa shape index (κ3) is 3.28. The van der Waals surface area contributed by atoms with Crippen LogP contribution in [0.2, 0.25) is 0 Å². The zero-order chi connectivity index (χ0) is 9.68. The lowest BCUT2D eigenvalue weighted by Gasteiger charge is -2.23. The first kappa shape index (κ1) is 11.0. The van der Waals surface area contributed by atoms with E-state index < -0.39 is 0 Å². The molecule has 0 radical (unpaired) electrons. The van der Waals surface area contributed by atoms with Gasteiger partial charge in [-0.25, -0.2) is 0 Å². The quantitative estimate of drug-likeness (QED) is 0.701. The molecule has 1 aliphatic heterocycles. The van der Waals surface area contributed by atoms with Gasteiger partial charge in [-0.2, -0.15) is 0 Å². The Morgan fingerprint density at radius 2 is 2.23 bits per heavy atom. The monoisotopic (exact) mass is 184 g/mol. The molecule has 0 aliphatic carbocycles. The van der Waals surface area contributed by atoms with Gasteiger partial charge in [0.05, 0.1) is 0 Å². The van der Waals surface area contributed by atoms with Crippen molar-refractivity contribution < 1.29 is 0 Å². The summed E-state index contributed by atoms with van der Waals surface area (Å²) in [6, 6.07) is 1.54. The van der Waals surface area contributed by atoms with Gasteiger partial charge in [0.1, 0.15) is 0 Å². The highest BCUT2D eigenvalue weighted by Crippen LogP contribution is 2.15. The first-order valence-corrected chi connectivity index (χ1v) is 5.75. The van der Waals surface area contributed by atoms with E-state index in [1.54, 1.807) is 0 Å². The molecular weight excluding hydrogens is 160 g/mol. The SMILES string of the molecule is CCCC(C)N1CCC(NCC)C1. The van der Waals surface area contributed by atoms with E-state index in [1.807, 2.05) is 0 Å². The molecule has 0 amide bonds. The molecule has 1 rings (SSSR count). The van der Waals surface area contributed by atoms with Gasteiger partial charge < -0.3 is 5.32 Å². The second kappa shape index (κ2) is 5.61. The second-order valence-electron chi connectivity index (χ2n) is 4.18. The van der Waals surface area contributed by atoms with Gasteiger partial charge in [0.2, 0.25) is 0 Å². The van der Waals surface area contributed by atoms with Crippen molar-refractivity contribution in [2.45, 2.75) is 52.1 Å². The average Bonchev–Trinajstić information content (AvgIpc) is 2.54. The van der Waals surface area contributed by atoms with E-state index in [4.69, 9.17) is 0 Å². The highest BCUT2D eigenvalue weighted by molar-refractivity contribution is 4.83. The fourth-order valence-electron chi connectivity index (χ4n) is 2.24. The molecule has 1 heterocycles. The predicted molar refractivity (Wildman–Crippen MR) is 58.0 cm³/mol. The minimum absolute atomic E-state index is 0.754. The lowest BCUT2D eigenvalue weighted by atomic mass is 10.2. The third-order valence-electron chi connectivity index (χ3n) is 3.04. The molecule has 2 nitrogen and oxygen atoms in total. The molecule has 0 aromatic carbocycles. The van der Waals surface area contributed by atoms with Crippen LogP contribution < -0.4 is 5.32 Å². The highest BCUT2D eigenvalue weighted by atomic mass is 15.2. The fraction of sp³-hybridized carbons (Fsp3) is 1.00. The van der Waals surface area contributed by atoms with Crippen molar-refractivity contribution in [2.24, 2.45) is 0 Å². The van der Waals surface area contributed by atoms with Crippen LogP contribution >= 0.6 is 0 Å². The van der Waals surface area contributed by atoms with Crippen LogP contribution in [-0.4, -0.2) is 36.6 Å². The third-order valence-corrected chi connectivity index (χ3v) is 3.04. The van der Waals surface area contributed by atoms with Crippen LogP contribution in [-0.2, 0) is 0 Å². The number of rotatable bonds is 5. The molecule has 0 aromatic rings. The van der Waals surface area contributed by atoms with Gasteiger partial charge >= 0.3 is 0 Å². The van der Waals surface area contributed by atoms with Gasteiger partial charge in [-0.1, -0.05) is 20.3 Å². The van der Waals surface area contributed by atoms with Crippen molar-refractivity contribution in [3.05, 3.63) is 0 Å². The standard InChI is InChI=1S/C11H24N2/c1-4-6-10(3)13-8-7-11(9-13)12-5-2/h10-12H,4-9H2,1-3H3. The molecule has 78 valence electrons. The fourth-order valence-corrected chi connectivity index (χ4v) is 2.24. The number of likely N-dealkylation sites (N-methyl/N-ethyl adjacent to an activating group) is 1. The number of nitrogens with one attached hydrogen (secondary N) is 1. The number of hydrogen-bond donors (Lipinski definition) is 1. The zero-order valence-electron chi connectivity index (χ0n) is 9.34. The molecule has 0 spiro atoms. The molecule has 2 unspecified atom stereocenters. The average molecular weight is 184 g/mol. The van der Waals surface area contributed by atoms with Crippen LogP contribution in [0.3, 0.4) is 0 Å². The normalized spacial score (nSPS) is 26.5. The van der Waals surface area contributed by atoms with E-state index >= 15 is 0 Å². The molecule has 0 aromatic heterocycles. The number of nitrogens with zero attached hydrogens (tertiary/aromatic N) is 1. The van der Waals surface area contributed by atoms with Gasteiger partial charge in [0.15, 0.2) is 0 Å². The maximum Gasteiger partial charge on any atom is 0.0207 e. The molecule has 0 saturated carbocycles. The number of likely N-dealkylation sites (tertiary alicyclic amines) is 1. The Bertz CT molecular complexity index is 136. The second-order valence-corrected chi connectivity index (χ2v) is 4.18. The van der Waals surface area contributed by atoms with Crippen LogP contribution in [0.5, 0.6) is 0 Å². The molecule has 2 atom stereocenters. The van der Waals surface area contributed by atoms with Crippen LogP contribution in [0.1, 0.15) is 40.0 Å². The summed E-state index contributed by atoms with van der Waals surface area (Å²) in [5.41, 5.74) is 0. The molecule has 1 saturated heterocycles. The van der Waals surface area contributed by atoms with Crippen molar-refractivity contribution in [1.82, 2.24) is 10.2 Å². The minimum atomic E-state index is 0.754. The molecule has 1 N–H and O–H groups in total. The summed E-state index contributed by atoms with van der Waals surface area (Å²) in [6.45, 7) is 10.5. The van der Waals surface area contributed by atoms with E-state index in [9.17, 15) is 0 Å². The van der Waals surface area contributed by atoms with Crippen LogP contribution in [0, 0.1) is 0 Å². The first-order valence-electron chi connectivity index (χ1n) is 5.75. The number of hydrogen-bond acceptors (Lipinski definition) is 2. The zero-order valence-corrected chi connectivity index (χ0v) is 9.34. The Hall–Kier alpha value is -0.0800. The minimum Gasteiger partial charge on any atom is -0.313 e. The van der Waals surface area contributed by atoms with Crippen molar-refractivity contribution in [2.75, 3.05) is 19.6 Å². The van der Waals surface area contributed by atoms with Gasteiger partial charge in [0, 0.05) is 25.2 Å². The largest absolute Gasteiger partial charge is 0.313 e. The Kier molecular flexibility index (Phi) is 4.74. The molecule has 0 bridgehead atoms. The topological polar surface area (TPSA) is 15.3 Å². The summed E-state index contributed by atoms with van der Waals surface area (Å²) in [5.74, 6) is 0. The van der Waals surface area contributed by atoms with E-state index in [-0.39, 0.29) is 0 Å². The molecule has 1 aliphatic rings. The van der Waals surface area contributed by atoms with Crippen molar-refractivity contribution >= 4 is 0 Å². The molecular formula is C11H24N2. The molecule has 2 heteroatoms. The van der Waals surface area contributed by atoms with Gasteiger partial charge in [-0.3, -0.25) is 4.90 Å². The molecule has 1 fully saturated rings. The lowest BCUT2D eigenvalue weighted by molar-refractivity contribution is 0.240. The summed E-state index contributed by atoms with van der Waals surface area (Å²) in [7, 11) is 0. The van der Waals surface area contributed by atoms with Crippen molar-refractivity contribution in [3.63, 3.8) is 0 Å². The van der Waals surface area contributed by atoms with E-state index in [0.29, 0.717) is 0 Å². The Morgan fingerprint density at radius 1 is 1.46 bits per heavy atom. The Morgan fingerprint density at radius 3 is 2.85 bits per heavy atom. The first-order chi connectivity index (χ1) is 6.27. The lowest BCUT2D eigenvalue weighted by Crippen LogP contribution is -2.36. The molecule has 13 heavy (non-hydrogen) atoms. The van der Waals surface area contributed by atoms with Crippen LogP contribution in [0.4, 0.5) is 0 Å². The maximum absolute atomic E-state index is 3.53.